The molecule has 0 atom stereocenters. The van der Waals surface area contributed by atoms with Crippen molar-refractivity contribution in [1.82, 2.24) is 10.2 Å². The summed E-state index contributed by atoms with van der Waals surface area (Å²) in [5.74, 6) is 0.957. The predicted octanol–water partition coefficient (Wildman–Crippen LogP) is 3.98. The lowest BCUT2D eigenvalue weighted by molar-refractivity contribution is 0.965. The average molecular weight is 267 g/mol. The molecule has 4 rings (SSSR count). The number of fused-ring (bicyclic) bond motifs is 3. The number of aromatic amines is 1. The summed E-state index contributed by atoms with van der Waals surface area (Å²) in [6.07, 6.45) is 2.16. The van der Waals surface area contributed by atoms with Crippen LogP contribution in [0.5, 0.6) is 0 Å². The van der Waals surface area contributed by atoms with Crippen LogP contribution in [0.15, 0.2) is 41.8 Å². The fourth-order valence-corrected chi connectivity index (χ4v) is 3.47. The number of para-hydroxylation sites is 1. The molecular weight excluding hydrogens is 254 g/mol. The molecule has 3 aromatic rings. The number of aromatic nitrogens is 2. The van der Waals surface area contributed by atoms with Gasteiger partial charge in [-0.25, -0.2) is 0 Å². The van der Waals surface area contributed by atoms with Crippen LogP contribution in [0.3, 0.4) is 0 Å². The number of aryl methyl sites for hydroxylation is 1. The molecule has 19 heavy (non-hydrogen) atoms. The van der Waals surface area contributed by atoms with E-state index in [1.165, 1.54) is 21.7 Å². The molecule has 2 N–H and O–H groups in total. The molecule has 1 aliphatic carbocycles. The zero-order valence-corrected chi connectivity index (χ0v) is 11.1. The summed E-state index contributed by atoms with van der Waals surface area (Å²) in [6.45, 7) is 0. The summed E-state index contributed by atoms with van der Waals surface area (Å²) >= 11 is 1.83. The number of nitrogens with zero attached hydrogens (tertiary/aromatic N) is 1. The average Bonchev–Trinajstić information content (AvgIpc) is 3.06. The van der Waals surface area contributed by atoms with Crippen molar-refractivity contribution in [2.24, 2.45) is 0 Å². The molecule has 0 unspecified atom stereocenters. The Hall–Kier alpha value is -2.07. The van der Waals surface area contributed by atoms with Crippen molar-refractivity contribution in [2.45, 2.75) is 12.8 Å². The van der Waals surface area contributed by atoms with E-state index < -0.39 is 0 Å². The summed E-state index contributed by atoms with van der Waals surface area (Å²) in [5.41, 5.74) is 4.88. The summed E-state index contributed by atoms with van der Waals surface area (Å²) in [6, 6.07) is 12.4. The summed E-state index contributed by atoms with van der Waals surface area (Å²) in [5, 5.41) is 13.2. The number of anilines is 2. The predicted molar refractivity (Wildman–Crippen MR) is 79.0 cm³/mol. The molecule has 3 nitrogen and oxygen atoms in total. The third-order valence-corrected chi connectivity index (χ3v) is 4.50. The Labute approximate surface area is 115 Å². The van der Waals surface area contributed by atoms with Crippen molar-refractivity contribution in [3.05, 3.63) is 52.2 Å². The van der Waals surface area contributed by atoms with Crippen LogP contribution in [-0.2, 0) is 12.8 Å². The highest BCUT2D eigenvalue weighted by molar-refractivity contribution is 7.10. The first-order chi connectivity index (χ1) is 9.42. The van der Waals surface area contributed by atoms with Gasteiger partial charge in [0.2, 0.25) is 0 Å². The van der Waals surface area contributed by atoms with Crippen molar-refractivity contribution < 1.29 is 0 Å². The Morgan fingerprint density at radius 1 is 1.11 bits per heavy atom. The highest BCUT2D eigenvalue weighted by Crippen LogP contribution is 2.38. The van der Waals surface area contributed by atoms with Crippen LogP contribution >= 0.6 is 11.3 Å². The molecule has 1 aromatic carbocycles. The molecule has 0 fully saturated rings. The van der Waals surface area contributed by atoms with Gasteiger partial charge in [0.15, 0.2) is 5.82 Å². The molecule has 94 valence electrons. The van der Waals surface area contributed by atoms with Crippen LogP contribution in [0.2, 0.25) is 0 Å². The Morgan fingerprint density at radius 3 is 2.89 bits per heavy atom. The number of nitrogens with one attached hydrogen (secondary N) is 2. The zero-order chi connectivity index (χ0) is 12.7. The third-order valence-electron chi connectivity index (χ3n) is 3.52. The number of benzene rings is 1. The van der Waals surface area contributed by atoms with Crippen molar-refractivity contribution in [2.75, 3.05) is 5.32 Å². The largest absolute Gasteiger partial charge is 0.339 e. The molecule has 2 aromatic heterocycles. The van der Waals surface area contributed by atoms with Crippen LogP contribution < -0.4 is 5.32 Å². The quantitative estimate of drug-likeness (QED) is 0.737. The molecule has 1 aliphatic rings. The fourth-order valence-electron chi connectivity index (χ4n) is 2.59. The van der Waals surface area contributed by atoms with Gasteiger partial charge in [-0.15, -0.1) is 11.3 Å². The van der Waals surface area contributed by atoms with Gasteiger partial charge in [-0.2, -0.15) is 5.10 Å². The second-order valence-electron chi connectivity index (χ2n) is 4.67. The molecule has 0 bridgehead atoms. The molecule has 0 spiro atoms. The smallest absolute Gasteiger partial charge is 0.156 e. The number of hydrogen-bond donors (Lipinski definition) is 2. The Kier molecular flexibility index (Phi) is 2.42. The molecule has 2 heterocycles. The minimum atomic E-state index is 0.957. The summed E-state index contributed by atoms with van der Waals surface area (Å²) in [7, 11) is 0. The van der Waals surface area contributed by atoms with Crippen molar-refractivity contribution >= 4 is 22.8 Å². The van der Waals surface area contributed by atoms with Gasteiger partial charge in [0.05, 0.1) is 5.69 Å². The SMILES string of the molecule is c1ccc(Nc2n[nH]c3c2CCc2sccc2-3)cc1. The molecule has 0 saturated heterocycles. The summed E-state index contributed by atoms with van der Waals surface area (Å²) in [4.78, 5) is 1.46. The van der Waals surface area contributed by atoms with E-state index in [1.54, 1.807) is 0 Å². The molecule has 0 amide bonds. The van der Waals surface area contributed by atoms with E-state index in [9.17, 15) is 0 Å². The van der Waals surface area contributed by atoms with Gasteiger partial charge in [-0.1, -0.05) is 18.2 Å². The molecule has 4 heteroatoms. The van der Waals surface area contributed by atoms with Gasteiger partial charge in [-0.05, 0) is 36.4 Å². The molecule has 0 saturated carbocycles. The normalized spacial score (nSPS) is 12.8. The molecule has 0 aliphatic heterocycles. The van der Waals surface area contributed by atoms with Crippen LogP contribution in [0, 0.1) is 0 Å². The van der Waals surface area contributed by atoms with Gasteiger partial charge >= 0.3 is 0 Å². The Balaban J connectivity index is 1.74. The lowest BCUT2D eigenvalue weighted by Gasteiger charge is -2.13. The van der Waals surface area contributed by atoms with Gasteiger partial charge < -0.3 is 5.32 Å². The number of H-pyrrole nitrogens is 1. The molecular formula is C15H13N3S. The third kappa shape index (κ3) is 1.76. The molecule has 0 radical (unpaired) electrons. The van der Waals surface area contributed by atoms with Gasteiger partial charge in [0.1, 0.15) is 0 Å². The minimum absolute atomic E-state index is 0.957. The maximum Gasteiger partial charge on any atom is 0.156 e. The number of thiophene rings is 1. The zero-order valence-electron chi connectivity index (χ0n) is 10.3. The van der Waals surface area contributed by atoms with Crippen molar-refractivity contribution in [1.29, 1.82) is 0 Å². The first-order valence-electron chi connectivity index (χ1n) is 6.38. The topological polar surface area (TPSA) is 40.7 Å². The summed E-state index contributed by atoms with van der Waals surface area (Å²) < 4.78 is 0. The first-order valence-corrected chi connectivity index (χ1v) is 7.26. The highest BCUT2D eigenvalue weighted by Gasteiger charge is 2.22. The number of rotatable bonds is 2. The van der Waals surface area contributed by atoms with E-state index in [1.807, 2.05) is 29.5 Å². The highest BCUT2D eigenvalue weighted by atomic mass is 32.1. The van der Waals surface area contributed by atoms with Crippen molar-refractivity contribution in [3.63, 3.8) is 0 Å². The Morgan fingerprint density at radius 2 is 2.00 bits per heavy atom. The van der Waals surface area contributed by atoms with E-state index in [4.69, 9.17) is 0 Å². The van der Waals surface area contributed by atoms with E-state index in [2.05, 4.69) is 39.1 Å². The lowest BCUT2D eigenvalue weighted by atomic mass is 9.96. The van der Waals surface area contributed by atoms with Crippen LogP contribution in [0.4, 0.5) is 11.5 Å². The van der Waals surface area contributed by atoms with Crippen LogP contribution in [0.1, 0.15) is 10.4 Å². The van der Waals surface area contributed by atoms with E-state index in [0.29, 0.717) is 0 Å². The monoisotopic (exact) mass is 267 g/mol. The maximum atomic E-state index is 4.44. The van der Waals surface area contributed by atoms with Crippen molar-refractivity contribution in [3.8, 4) is 11.3 Å². The number of hydrogen-bond acceptors (Lipinski definition) is 3. The van der Waals surface area contributed by atoms with Gasteiger partial charge in [-0.3, -0.25) is 5.10 Å². The first kappa shape index (κ1) is 10.8. The van der Waals surface area contributed by atoms with Crippen LogP contribution in [-0.4, -0.2) is 10.2 Å². The van der Waals surface area contributed by atoms with Gasteiger partial charge in [0, 0.05) is 21.7 Å². The van der Waals surface area contributed by atoms with Gasteiger partial charge in [0.25, 0.3) is 0 Å². The maximum absolute atomic E-state index is 4.44. The second-order valence-corrected chi connectivity index (χ2v) is 5.67. The van der Waals surface area contributed by atoms with Crippen LogP contribution in [0.25, 0.3) is 11.3 Å². The Bertz CT molecular complexity index is 712. The minimum Gasteiger partial charge on any atom is -0.339 e. The van der Waals surface area contributed by atoms with E-state index in [-0.39, 0.29) is 0 Å². The lowest BCUT2D eigenvalue weighted by Crippen LogP contribution is -2.01. The van der Waals surface area contributed by atoms with E-state index in [0.717, 1.165) is 24.3 Å². The second kappa shape index (κ2) is 4.24. The standard InChI is InChI=1S/C15H13N3S/c1-2-4-10(5-3-1)16-15-12-6-7-13-11(8-9-19-13)14(12)17-18-15/h1-5,8-9H,6-7H2,(H2,16,17,18). The fraction of sp³-hybridized carbons (Fsp3) is 0.133. The van der Waals surface area contributed by atoms with E-state index >= 15 is 0 Å².